The van der Waals surface area contributed by atoms with E-state index in [-0.39, 0.29) is 11.4 Å². The molecule has 0 spiro atoms. The van der Waals surface area contributed by atoms with E-state index in [0.29, 0.717) is 6.54 Å². The first-order valence-corrected chi connectivity index (χ1v) is 4.66. The fourth-order valence-corrected chi connectivity index (χ4v) is 1.31. The first-order valence-electron chi connectivity index (χ1n) is 4.66. The number of aromatic carboxylic acids is 1. The Kier molecular flexibility index (Phi) is 3.60. The van der Waals surface area contributed by atoms with Crippen molar-refractivity contribution in [3.8, 4) is 0 Å². The second-order valence-corrected chi connectivity index (χ2v) is 3.22. The van der Waals surface area contributed by atoms with Crippen LogP contribution in [0, 0.1) is 5.82 Å². The molecular formula is C10H13FN2O2. The van der Waals surface area contributed by atoms with Gasteiger partial charge >= 0.3 is 5.97 Å². The molecule has 4 nitrogen and oxygen atoms in total. The molecule has 0 radical (unpaired) electrons. The lowest BCUT2D eigenvalue weighted by molar-refractivity contribution is 0.0692. The lowest BCUT2D eigenvalue weighted by Crippen LogP contribution is -2.21. The maximum atomic E-state index is 13.6. The third-order valence-corrected chi connectivity index (χ3v) is 2.02. The average molecular weight is 212 g/mol. The van der Waals surface area contributed by atoms with E-state index in [4.69, 9.17) is 5.11 Å². The van der Waals surface area contributed by atoms with Gasteiger partial charge < -0.3 is 10.0 Å². The number of aromatic nitrogens is 1. The molecule has 82 valence electrons. The molecule has 0 saturated heterocycles. The normalized spacial score (nSPS) is 10.1. The molecule has 0 aliphatic rings. The summed E-state index contributed by atoms with van der Waals surface area (Å²) in [5.74, 6) is -1.97. The fraction of sp³-hybridized carbons (Fsp3) is 0.400. The minimum absolute atomic E-state index is 0.0803. The van der Waals surface area contributed by atoms with E-state index in [0.717, 1.165) is 12.5 Å². The van der Waals surface area contributed by atoms with E-state index in [9.17, 15) is 9.18 Å². The minimum Gasteiger partial charge on any atom is -0.478 e. The molecule has 0 bridgehead atoms. The van der Waals surface area contributed by atoms with Crippen LogP contribution in [0.5, 0.6) is 0 Å². The molecule has 1 aromatic heterocycles. The molecule has 1 rings (SSSR count). The number of carboxylic acid groups (broad SMARTS) is 1. The summed E-state index contributed by atoms with van der Waals surface area (Å²) in [4.78, 5) is 16.1. The number of carboxylic acids is 1. The van der Waals surface area contributed by atoms with Gasteiger partial charge in [0, 0.05) is 19.8 Å². The lowest BCUT2D eigenvalue weighted by Gasteiger charge is -2.17. The van der Waals surface area contributed by atoms with Crippen molar-refractivity contribution in [1.29, 1.82) is 0 Å². The van der Waals surface area contributed by atoms with Gasteiger partial charge in [-0.05, 0) is 12.5 Å². The van der Waals surface area contributed by atoms with Crippen molar-refractivity contribution < 1.29 is 14.3 Å². The van der Waals surface area contributed by atoms with Crippen molar-refractivity contribution in [1.82, 2.24) is 4.98 Å². The maximum Gasteiger partial charge on any atom is 0.338 e. The van der Waals surface area contributed by atoms with Gasteiger partial charge in [-0.1, -0.05) is 6.92 Å². The number of carbonyl (C=O) groups is 1. The van der Waals surface area contributed by atoms with Crippen LogP contribution in [0.25, 0.3) is 0 Å². The first-order chi connectivity index (χ1) is 7.07. The van der Waals surface area contributed by atoms with Gasteiger partial charge in [-0.3, -0.25) is 0 Å². The average Bonchev–Trinajstić information content (AvgIpc) is 2.17. The van der Waals surface area contributed by atoms with E-state index in [2.05, 4.69) is 4.98 Å². The van der Waals surface area contributed by atoms with Gasteiger partial charge in [-0.2, -0.15) is 0 Å². The Morgan fingerprint density at radius 2 is 2.33 bits per heavy atom. The second-order valence-electron chi connectivity index (χ2n) is 3.22. The van der Waals surface area contributed by atoms with Crippen LogP contribution in [-0.2, 0) is 0 Å². The summed E-state index contributed by atoms with van der Waals surface area (Å²) < 4.78 is 13.6. The van der Waals surface area contributed by atoms with Gasteiger partial charge in [0.25, 0.3) is 0 Å². The molecule has 0 aliphatic heterocycles. The summed E-state index contributed by atoms with van der Waals surface area (Å²) in [7, 11) is 1.68. The molecule has 1 aromatic rings. The predicted octanol–water partition coefficient (Wildman–Crippen LogP) is 1.77. The third kappa shape index (κ3) is 2.43. The Morgan fingerprint density at radius 3 is 2.87 bits per heavy atom. The number of rotatable bonds is 4. The monoisotopic (exact) mass is 212 g/mol. The molecule has 0 saturated carbocycles. The zero-order valence-corrected chi connectivity index (χ0v) is 8.70. The van der Waals surface area contributed by atoms with Crippen molar-refractivity contribution in [2.24, 2.45) is 0 Å². The summed E-state index contributed by atoms with van der Waals surface area (Å²) in [5, 5.41) is 8.72. The highest BCUT2D eigenvalue weighted by Crippen LogP contribution is 2.18. The Morgan fingerprint density at radius 1 is 1.67 bits per heavy atom. The van der Waals surface area contributed by atoms with E-state index >= 15 is 0 Å². The van der Waals surface area contributed by atoms with Crippen LogP contribution >= 0.6 is 0 Å². The standard InChI is InChI=1S/C10H13FN2O2/c1-3-6-13(2)9-8(11)7(10(14)15)4-5-12-9/h4-5H,3,6H2,1-2H3,(H,14,15). The highest BCUT2D eigenvalue weighted by Gasteiger charge is 2.16. The van der Waals surface area contributed by atoms with Gasteiger partial charge in [0.05, 0.1) is 0 Å². The topological polar surface area (TPSA) is 53.4 Å². The number of pyridine rings is 1. The largest absolute Gasteiger partial charge is 0.478 e. The molecular weight excluding hydrogens is 199 g/mol. The van der Waals surface area contributed by atoms with Gasteiger partial charge in [0.1, 0.15) is 5.56 Å². The van der Waals surface area contributed by atoms with Gasteiger partial charge in [-0.15, -0.1) is 0 Å². The Balaban J connectivity index is 3.09. The molecule has 0 amide bonds. The predicted molar refractivity (Wildman–Crippen MR) is 54.7 cm³/mol. The Labute approximate surface area is 87.4 Å². The number of hydrogen-bond donors (Lipinski definition) is 1. The molecule has 0 aromatic carbocycles. The van der Waals surface area contributed by atoms with Crippen LogP contribution in [0.15, 0.2) is 12.3 Å². The van der Waals surface area contributed by atoms with E-state index in [1.807, 2.05) is 6.92 Å². The smallest absolute Gasteiger partial charge is 0.338 e. The van der Waals surface area contributed by atoms with Crippen LogP contribution < -0.4 is 4.90 Å². The van der Waals surface area contributed by atoms with Crippen molar-refractivity contribution in [3.63, 3.8) is 0 Å². The van der Waals surface area contributed by atoms with Crippen LogP contribution in [-0.4, -0.2) is 29.7 Å². The Hall–Kier alpha value is -1.65. The molecule has 15 heavy (non-hydrogen) atoms. The van der Waals surface area contributed by atoms with Crippen molar-refractivity contribution in [2.75, 3.05) is 18.5 Å². The molecule has 1 N–H and O–H groups in total. The number of anilines is 1. The van der Waals surface area contributed by atoms with Crippen LogP contribution in [0.3, 0.4) is 0 Å². The van der Waals surface area contributed by atoms with Crippen molar-refractivity contribution in [3.05, 3.63) is 23.6 Å². The number of nitrogens with zero attached hydrogens (tertiary/aromatic N) is 2. The van der Waals surface area contributed by atoms with Gasteiger partial charge in [0.2, 0.25) is 0 Å². The molecule has 0 fully saturated rings. The van der Waals surface area contributed by atoms with Gasteiger partial charge in [-0.25, -0.2) is 14.2 Å². The molecule has 0 unspecified atom stereocenters. The van der Waals surface area contributed by atoms with E-state index < -0.39 is 11.8 Å². The number of hydrogen-bond acceptors (Lipinski definition) is 3. The summed E-state index contributed by atoms with van der Waals surface area (Å²) >= 11 is 0. The van der Waals surface area contributed by atoms with Gasteiger partial charge in [0.15, 0.2) is 11.6 Å². The molecule has 0 atom stereocenters. The van der Waals surface area contributed by atoms with E-state index in [1.165, 1.54) is 6.20 Å². The zero-order chi connectivity index (χ0) is 11.4. The van der Waals surface area contributed by atoms with E-state index in [1.54, 1.807) is 11.9 Å². The highest BCUT2D eigenvalue weighted by atomic mass is 19.1. The summed E-state index contributed by atoms with van der Waals surface area (Å²) in [6.45, 7) is 2.59. The molecule has 1 heterocycles. The zero-order valence-electron chi connectivity index (χ0n) is 8.70. The minimum atomic E-state index is -1.28. The SMILES string of the molecule is CCCN(C)c1nccc(C(=O)O)c1F. The Bertz CT molecular complexity index is 368. The van der Waals surface area contributed by atoms with Crippen LogP contribution in [0.1, 0.15) is 23.7 Å². The number of halogens is 1. The van der Waals surface area contributed by atoms with Crippen molar-refractivity contribution in [2.45, 2.75) is 13.3 Å². The molecule has 5 heteroatoms. The van der Waals surface area contributed by atoms with Crippen LogP contribution in [0.4, 0.5) is 10.2 Å². The van der Waals surface area contributed by atoms with Crippen molar-refractivity contribution >= 4 is 11.8 Å². The summed E-state index contributed by atoms with van der Waals surface area (Å²) in [6, 6.07) is 1.15. The fourth-order valence-electron chi connectivity index (χ4n) is 1.31. The first kappa shape index (κ1) is 11.4. The maximum absolute atomic E-state index is 13.6. The summed E-state index contributed by atoms with van der Waals surface area (Å²) in [5.41, 5.74) is -0.344. The highest BCUT2D eigenvalue weighted by molar-refractivity contribution is 5.88. The lowest BCUT2D eigenvalue weighted by atomic mass is 10.2. The third-order valence-electron chi connectivity index (χ3n) is 2.02. The summed E-state index contributed by atoms with van der Waals surface area (Å²) in [6.07, 6.45) is 2.14. The van der Waals surface area contributed by atoms with Crippen LogP contribution in [0.2, 0.25) is 0 Å². The second kappa shape index (κ2) is 4.72. The quantitative estimate of drug-likeness (QED) is 0.826. The molecule has 0 aliphatic carbocycles.